The normalized spacial score (nSPS) is 21.0. The van der Waals surface area contributed by atoms with Crippen molar-refractivity contribution in [3.8, 4) is 0 Å². The van der Waals surface area contributed by atoms with Crippen LogP contribution in [0.3, 0.4) is 0 Å². The summed E-state index contributed by atoms with van der Waals surface area (Å²) in [4.78, 5) is 0. The predicted molar refractivity (Wildman–Crippen MR) is 70.4 cm³/mol. The summed E-state index contributed by atoms with van der Waals surface area (Å²) in [5.74, 6) is -2.83. The van der Waals surface area contributed by atoms with Crippen LogP contribution in [0.4, 0.5) is 8.78 Å². The summed E-state index contributed by atoms with van der Waals surface area (Å²) < 4.78 is 26.3. The van der Waals surface area contributed by atoms with Gasteiger partial charge in [-0.1, -0.05) is 30.2 Å². The van der Waals surface area contributed by atoms with Gasteiger partial charge in [0, 0.05) is 23.6 Å². The highest BCUT2D eigenvalue weighted by Crippen LogP contribution is 2.31. The molecule has 1 heterocycles. The van der Waals surface area contributed by atoms with Crippen LogP contribution in [0.15, 0.2) is 18.2 Å². The van der Waals surface area contributed by atoms with Gasteiger partial charge in [0.1, 0.15) is 0 Å². The zero-order valence-electron chi connectivity index (χ0n) is 10.5. The van der Waals surface area contributed by atoms with Crippen LogP contribution in [-0.2, 0) is 12.3 Å². The van der Waals surface area contributed by atoms with Crippen LogP contribution in [0.25, 0.3) is 0 Å². The number of piperidine rings is 1. The van der Waals surface area contributed by atoms with Crippen LogP contribution in [0.5, 0.6) is 0 Å². The minimum atomic E-state index is -2.83. The molecule has 0 aliphatic carbocycles. The molecule has 1 nitrogen and oxygen atoms in total. The molecule has 1 aliphatic heterocycles. The maximum absolute atomic E-state index is 13.2. The molecule has 1 atom stereocenters. The summed E-state index contributed by atoms with van der Waals surface area (Å²) >= 11 is 6.09. The molecule has 100 valence electrons. The number of benzene rings is 1. The van der Waals surface area contributed by atoms with Gasteiger partial charge >= 0.3 is 0 Å². The van der Waals surface area contributed by atoms with Crippen molar-refractivity contribution in [2.75, 3.05) is 6.54 Å². The molecule has 4 heteroatoms. The van der Waals surface area contributed by atoms with Crippen molar-refractivity contribution in [3.63, 3.8) is 0 Å². The second kappa shape index (κ2) is 5.54. The smallest absolute Gasteiger partial charge is 0.270 e. The first-order valence-electron chi connectivity index (χ1n) is 6.37. The zero-order chi connectivity index (χ0) is 13.2. The van der Waals surface area contributed by atoms with Crippen molar-refractivity contribution in [1.82, 2.24) is 5.32 Å². The summed E-state index contributed by atoms with van der Waals surface area (Å²) in [5.41, 5.74) is 0.928. The summed E-state index contributed by atoms with van der Waals surface area (Å²) in [7, 11) is 0. The Morgan fingerprint density at radius 3 is 2.72 bits per heavy atom. The Balaban J connectivity index is 2.09. The van der Waals surface area contributed by atoms with E-state index in [9.17, 15) is 8.78 Å². The molecule has 1 unspecified atom stereocenters. The van der Waals surface area contributed by atoms with Gasteiger partial charge in [0.05, 0.1) is 0 Å². The first-order valence-corrected chi connectivity index (χ1v) is 6.75. The Bertz CT molecular complexity index is 409. The number of halogens is 3. The van der Waals surface area contributed by atoms with Crippen LogP contribution in [0, 0.1) is 0 Å². The lowest BCUT2D eigenvalue weighted by Crippen LogP contribution is -2.35. The van der Waals surface area contributed by atoms with E-state index in [1.54, 1.807) is 6.07 Å². The monoisotopic (exact) mass is 273 g/mol. The maximum Gasteiger partial charge on any atom is 0.270 e. The molecule has 0 bridgehead atoms. The number of rotatable bonds is 3. The van der Waals surface area contributed by atoms with Crippen molar-refractivity contribution < 1.29 is 8.78 Å². The van der Waals surface area contributed by atoms with E-state index < -0.39 is 5.92 Å². The third kappa shape index (κ3) is 3.42. The second-order valence-corrected chi connectivity index (χ2v) is 5.45. The van der Waals surface area contributed by atoms with E-state index in [4.69, 9.17) is 11.6 Å². The van der Waals surface area contributed by atoms with Gasteiger partial charge in [0.15, 0.2) is 0 Å². The summed E-state index contributed by atoms with van der Waals surface area (Å²) in [6, 6.07) is 5.01. The molecular formula is C14H18ClF2N. The molecule has 2 rings (SSSR count). The Morgan fingerprint density at radius 2 is 2.17 bits per heavy atom. The number of nitrogens with one attached hydrogen (secondary N) is 1. The Hall–Kier alpha value is -0.670. The maximum atomic E-state index is 13.2. The molecule has 1 aromatic rings. The molecule has 0 spiro atoms. The van der Waals surface area contributed by atoms with Crippen LogP contribution in [-0.4, -0.2) is 12.6 Å². The molecule has 1 N–H and O–H groups in total. The van der Waals surface area contributed by atoms with E-state index in [0.29, 0.717) is 11.1 Å². The number of alkyl halides is 2. The number of hydrogen-bond donors (Lipinski definition) is 1. The van der Waals surface area contributed by atoms with Crippen LogP contribution < -0.4 is 5.32 Å². The summed E-state index contributed by atoms with van der Waals surface area (Å²) in [6.07, 6.45) is 4.38. The zero-order valence-corrected chi connectivity index (χ0v) is 11.2. The summed E-state index contributed by atoms with van der Waals surface area (Å²) in [5, 5.41) is 3.88. The van der Waals surface area contributed by atoms with E-state index in [-0.39, 0.29) is 5.56 Å². The van der Waals surface area contributed by atoms with Gasteiger partial charge in [0.25, 0.3) is 5.92 Å². The molecule has 18 heavy (non-hydrogen) atoms. The molecule has 0 saturated carbocycles. The van der Waals surface area contributed by atoms with Crippen molar-refractivity contribution in [3.05, 3.63) is 34.3 Å². The molecule has 0 aromatic heterocycles. The first kappa shape index (κ1) is 13.8. The fraction of sp³-hybridized carbons (Fsp3) is 0.571. The lowest BCUT2D eigenvalue weighted by atomic mass is 9.96. The fourth-order valence-electron chi connectivity index (χ4n) is 2.35. The van der Waals surface area contributed by atoms with Crippen molar-refractivity contribution in [2.45, 2.75) is 44.6 Å². The van der Waals surface area contributed by atoms with Crippen molar-refractivity contribution in [1.29, 1.82) is 0 Å². The van der Waals surface area contributed by atoms with Gasteiger partial charge in [-0.3, -0.25) is 0 Å². The Kier molecular flexibility index (Phi) is 4.23. The standard InChI is InChI=1S/C14H18ClF2N/c1-14(16,17)11-6-5-10(13(15)9-11)8-12-4-2-3-7-18-12/h5-6,9,12,18H,2-4,7-8H2,1H3. The van der Waals surface area contributed by atoms with E-state index in [1.807, 2.05) is 0 Å². The average molecular weight is 274 g/mol. The minimum absolute atomic E-state index is 0.0205. The first-order chi connectivity index (χ1) is 8.47. The van der Waals surface area contributed by atoms with E-state index >= 15 is 0 Å². The van der Waals surface area contributed by atoms with Gasteiger partial charge < -0.3 is 5.32 Å². The van der Waals surface area contributed by atoms with Crippen molar-refractivity contribution >= 4 is 11.6 Å². The highest BCUT2D eigenvalue weighted by molar-refractivity contribution is 6.31. The molecule has 0 amide bonds. The lowest BCUT2D eigenvalue weighted by Gasteiger charge is -2.24. The van der Waals surface area contributed by atoms with Crippen LogP contribution in [0.2, 0.25) is 5.02 Å². The van der Waals surface area contributed by atoms with Crippen molar-refractivity contribution in [2.24, 2.45) is 0 Å². The number of hydrogen-bond acceptors (Lipinski definition) is 1. The molecule has 0 radical (unpaired) electrons. The highest BCUT2D eigenvalue weighted by atomic mass is 35.5. The molecular weight excluding hydrogens is 256 g/mol. The van der Waals surface area contributed by atoms with Gasteiger partial charge in [-0.2, -0.15) is 0 Å². The van der Waals surface area contributed by atoms with Crippen LogP contribution >= 0.6 is 11.6 Å². The van der Waals surface area contributed by atoms with Gasteiger partial charge in [-0.15, -0.1) is 0 Å². The Labute approximate surface area is 112 Å². The lowest BCUT2D eigenvalue weighted by molar-refractivity contribution is 0.0174. The van der Waals surface area contributed by atoms with E-state index in [1.165, 1.54) is 25.0 Å². The molecule has 1 saturated heterocycles. The fourth-order valence-corrected chi connectivity index (χ4v) is 2.61. The van der Waals surface area contributed by atoms with Gasteiger partial charge in [-0.25, -0.2) is 8.78 Å². The van der Waals surface area contributed by atoms with E-state index in [0.717, 1.165) is 31.9 Å². The van der Waals surface area contributed by atoms with Gasteiger partial charge in [-0.05, 0) is 37.4 Å². The minimum Gasteiger partial charge on any atom is -0.314 e. The highest BCUT2D eigenvalue weighted by Gasteiger charge is 2.25. The summed E-state index contributed by atoms with van der Waals surface area (Å²) in [6.45, 7) is 1.93. The molecule has 1 aromatic carbocycles. The van der Waals surface area contributed by atoms with Gasteiger partial charge in [0.2, 0.25) is 0 Å². The topological polar surface area (TPSA) is 12.0 Å². The predicted octanol–water partition coefficient (Wildman–Crippen LogP) is 4.14. The largest absolute Gasteiger partial charge is 0.314 e. The third-order valence-corrected chi connectivity index (χ3v) is 3.79. The van der Waals surface area contributed by atoms with Crippen LogP contribution in [0.1, 0.15) is 37.3 Å². The third-order valence-electron chi connectivity index (χ3n) is 3.44. The average Bonchev–Trinajstić information content (AvgIpc) is 2.32. The molecule has 1 aliphatic rings. The quantitative estimate of drug-likeness (QED) is 0.873. The molecule has 1 fully saturated rings. The van der Waals surface area contributed by atoms with E-state index in [2.05, 4.69) is 5.32 Å². The Morgan fingerprint density at radius 1 is 1.39 bits per heavy atom. The second-order valence-electron chi connectivity index (χ2n) is 5.05. The SMILES string of the molecule is CC(F)(F)c1ccc(CC2CCCCN2)c(Cl)c1.